The molecule has 0 saturated carbocycles. The Labute approximate surface area is 85.1 Å². The molecule has 0 aliphatic heterocycles. The second-order valence-electron chi connectivity index (χ2n) is 3.11. The van der Waals surface area contributed by atoms with Crippen LogP contribution in [-0.2, 0) is 12.7 Å². The Morgan fingerprint density at radius 1 is 1.40 bits per heavy atom. The lowest BCUT2D eigenvalue weighted by Gasteiger charge is -2.01. The first-order chi connectivity index (χ1) is 7.04. The third-order valence-electron chi connectivity index (χ3n) is 1.89. The summed E-state index contributed by atoms with van der Waals surface area (Å²) in [6, 6.07) is 1.97. The molecule has 0 amide bonds. The van der Waals surface area contributed by atoms with Gasteiger partial charge in [0.1, 0.15) is 0 Å². The molecule has 0 aromatic carbocycles. The number of hydrogen-bond acceptors (Lipinski definition) is 2. The number of nitrogens with zero attached hydrogens (tertiary/aromatic N) is 3. The van der Waals surface area contributed by atoms with Gasteiger partial charge >= 0.3 is 6.18 Å². The topological polar surface area (TPSA) is 41.6 Å². The molecular formula is C9H10F3N3. The van der Waals surface area contributed by atoms with Crippen molar-refractivity contribution in [1.82, 2.24) is 9.78 Å². The van der Waals surface area contributed by atoms with Crippen LogP contribution in [0.3, 0.4) is 0 Å². The molecule has 1 aromatic heterocycles. The van der Waals surface area contributed by atoms with Crippen LogP contribution in [0.1, 0.15) is 24.8 Å². The Balaban J connectivity index is 2.44. The average Bonchev–Trinajstić information content (AvgIpc) is 2.60. The average molecular weight is 217 g/mol. The third kappa shape index (κ3) is 3.62. The van der Waals surface area contributed by atoms with E-state index in [-0.39, 0.29) is 0 Å². The van der Waals surface area contributed by atoms with Gasteiger partial charge in [-0.1, -0.05) is 0 Å². The minimum Gasteiger partial charge on any atom is -0.272 e. The van der Waals surface area contributed by atoms with E-state index in [0.717, 1.165) is 12.4 Å². The molecule has 0 aliphatic carbocycles. The van der Waals surface area contributed by atoms with Crippen molar-refractivity contribution >= 4 is 0 Å². The van der Waals surface area contributed by atoms with Gasteiger partial charge in [0, 0.05) is 19.2 Å². The fourth-order valence-electron chi connectivity index (χ4n) is 1.11. The fourth-order valence-corrected chi connectivity index (χ4v) is 1.11. The van der Waals surface area contributed by atoms with Crippen LogP contribution in [0.5, 0.6) is 0 Å². The minimum atomic E-state index is -4.33. The smallest absolute Gasteiger partial charge is 0.272 e. The Morgan fingerprint density at radius 2 is 2.13 bits per heavy atom. The molecule has 15 heavy (non-hydrogen) atoms. The number of nitriles is 1. The molecule has 0 N–H and O–H groups in total. The lowest BCUT2D eigenvalue weighted by Crippen LogP contribution is -2.03. The summed E-state index contributed by atoms with van der Waals surface area (Å²) in [5.41, 5.74) is -0.734. The normalized spacial score (nSPS) is 11.3. The van der Waals surface area contributed by atoms with Gasteiger partial charge in [-0.25, -0.2) is 0 Å². The molecule has 1 heterocycles. The highest BCUT2D eigenvalue weighted by Gasteiger charge is 2.31. The van der Waals surface area contributed by atoms with Gasteiger partial charge in [-0.15, -0.1) is 0 Å². The van der Waals surface area contributed by atoms with Gasteiger partial charge in [0.2, 0.25) is 0 Å². The summed E-state index contributed by atoms with van der Waals surface area (Å²) in [5.74, 6) is 0. The van der Waals surface area contributed by atoms with Crippen molar-refractivity contribution in [2.45, 2.75) is 32.0 Å². The van der Waals surface area contributed by atoms with Crippen molar-refractivity contribution in [2.24, 2.45) is 0 Å². The zero-order chi connectivity index (χ0) is 11.3. The Bertz CT molecular complexity index is 348. The molecule has 3 nitrogen and oxygen atoms in total. The van der Waals surface area contributed by atoms with Crippen LogP contribution in [0.2, 0.25) is 0 Å². The highest BCUT2D eigenvalue weighted by atomic mass is 19.4. The van der Waals surface area contributed by atoms with Crippen molar-refractivity contribution in [3.63, 3.8) is 0 Å². The first-order valence-corrected chi connectivity index (χ1v) is 4.50. The molecule has 82 valence electrons. The van der Waals surface area contributed by atoms with Crippen molar-refractivity contribution in [3.8, 4) is 6.07 Å². The number of aromatic nitrogens is 2. The van der Waals surface area contributed by atoms with Crippen molar-refractivity contribution in [2.75, 3.05) is 0 Å². The van der Waals surface area contributed by atoms with Gasteiger partial charge in [0.25, 0.3) is 0 Å². The van der Waals surface area contributed by atoms with E-state index in [0.29, 0.717) is 25.8 Å². The fraction of sp³-hybridized carbons (Fsp3) is 0.556. The van der Waals surface area contributed by atoms with E-state index >= 15 is 0 Å². The van der Waals surface area contributed by atoms with Gasteiger partial charge in [0.15, 0.2) is 0 Å². The Hall–Kier alpha value is -1.51. The van der Waals surface area contributed by atoms with Gasteiger partial charge in [-0.2, -0.15) is 23.5 Å². The summed E-state index contributed by atoms with van der Waals surface area (Å²) < 4.78 is 37.7. The summed E-state index contributed by atoms with van der Waals surface area (Å²) in [6.45, 7) is 0.414. The molecule has 0 spiro atoms. The quantitative estimate of drug-likeness (QED) is 0.727. The van der Waals surface area contributed by atoms with Crippen LogP contribution in [0, 0.1) is 11.3 Å². The van der Waals surface area contributed by atoms with Gasteiger partial charge in [-0.3, -0.25) is 4.68 Å². The number of aryl methyl sites for hydroxylation is 1. The first-order valence-electron chi connectivity index (χ1n) is 4.50. The van der Waals surface area contributed by atoms with Crippen molar-refractivity contribution in [1.29, 1.82) is 5.26 Å². The lowest BCUT2D eigenvalue weighted by atomic mass is 10.2. The van der Waals surface area contributed by atoms with E-state index in [2.05, 4.69) is 5.10 Å². The number of alkyl halides is 3. The number of unbranched alkanes of at least 4 members (excludes halogenated alkanes) is 2. The summed E-state index contributed by atoms with van der Waals surface area (Å²) in [6.07, 6.45) is -0.779. The predicted octanol–water partition coefficient (Wildman–Crippen LogP) is 2.60. The summed E-state index contributed by atoms with van der Waals surface area (Å²) in [7, 11) is 0. The third-order valence-corrected chi connectivity index (χ3v) is 1.89. The molecule has 6 heteroatoms. The standard InChI is InChI=1S/C9H10F3N3/c10-9(11,12)8-6-14-15(7-8)5-3-1-2-4-13/h6-7H,1-3,5H2. The summed E-state index contributed by atoms with van der Waals surface area (Å²) in [5, 5.41) is 11.8. The van der Waals surface area contributed by atoms with Crippen molar-refractivity contribution in [3.05, 3.63) is 18.0 Å². The van der Waals surface area contributed by atoms with Crippen LogP contribution in [0.4, 0.5) is 13.2 Å². The van der Waals surface area contributed by atoms with Crippen LogP contribution in [0.15, 0.2) is 12.4 Å². The zero-order valence-electron chi connectivity index (χ0n) is 7.96. The zero-order valence-corrected chi connectivity index (χ0v) is 7.96. The minimum absolute atomic E-state index is 0.414. The maximum atomic E-state index is 12.1. The highest BCUT2D eigenvalue weighted by molar-refractivity contribution is 5.08. The monoisotopic (exact) mass is 217 g/mol. The first kappa shape index (κ1) is 11.6. The van der Waals surface area contributed by atoms with E-state index in [1.807, 2.05) is 6.07 Å². The van der Waals surface area contributed by atoms with Crippen LogP contribution in [0.25, 0.3) is 0 Å². The number of halogens is 3. The molecule has 0 fully saturated rings. The molecule has 0 unspecified atom stereocenters. The maximum absolute atomic E-state index is 12.1. The van der Waals surface area contributed by atoms with E-state index in [1.165, 1.54) is 4.68 Å². The van der Waals surface area contributed by atoms with E-state index in [9.17, 15) is 13.2 Å². The van der Waals surface area contributed by atoms with E-state index < -0.39 is 11.7 Å². The molecule has 1 aromatic rings. The molecular weight excluding hydrogens is 207 g/mol. The summed E-state index contributed by atoms with van der Waals surface area (Å²) >= 11 is 0. The van der Waals surface area contributed by atoms with Crippen LogP contribution < -0.4 is 0 Å². The molecule has 0 aliphatic rings. The second kappa shape index (κ2) is 4.82. The van der Waals surface area contributed by atoms with Crippen molar-refractivity contribution < 1.29 is 13.2 Å². The Kier molecular flexibility index (Phi) is 3.72. The maximum Gasteiger partial charge on any atom is 0.419 e. The molecule has 1 rings (SSSR count). The number of rotatable bonds is 4. The van der Waals surface area contributed by atoms with E-state index in [4.69, 9.17) is 5.26 Å². The lowest BCUT2D eigenvalue weighted by molar-refractivity contribution is -0.137. The van der Waals surface area contributed by atoms with Gasteiger partial charge < -0.3 is 0 Å². The summed E-state index contributed by atoms with van der Waals surface area (Å²) in [4.78, 5) is 0. The van der Waals surface area contributed by atoms with Gasteiger partial charge in [-0.05, 0) is 12.8 Å². The Morgan fingerprint density at radius 3 is 2.67 bits per heavy atom. The van der Waals surface area contributed by atoms with Crippen LogP contribution >= 0.6 is 0 Å². The highest BCUT2D eigenvalue weighted by Crippen LogP contribution is 2.28. The molecule has 0 saturated heterocycles. The second-order valence-corrected chi connectivity index (χ2v) is 3.11. The van der Waals surface area contributed by atoms with E-state index in [1.54, 1.807) is 0 Å². The largest absolute Gasteiger partial charge is 0.419 e. The van der Waals surface area contributed by atoms with Gasteiger partial charge in [0.05, 0.1) is 17.8 Å². The molecule has 0 atom stereocenters. The molecule has 0 bridgehead atoms. The number of hydrogen-bond donors (Lipinski definition) is 0. The van der Waals surface area contributed by atoms with Crippen LogP contribution in [-0.4, -0.2) is 9.78 Å². The predicted molar refractivity (Wildman–Crippen MR) is 46.7 cm³/mol. The molecule has 0 radical (unpaired) electrons. The SMILES string of the molecule is N#CCCCCn1cc(C(F)(F)F)cn1.